The highest BCUT2D eigenvalue weighted by molar-refractivity contribution is 14.0. The Morgan fingerprint density at radius 3 is 2.82 bits per heavy atom. The van der Waals surface area contributed by atoms with Gasteiger partial charge in [-0.3, -0.25) is 9.79 Å². The fraction of sp³-hybridized carbons (Fsp3) is 0.600. The van der Waals surface area contributed by atoms with Crippen molar-refractivity contribution in [3.63, 3.8) is 0 Å². The van der Waals surface area contributed by atoms with Crippen molar-refractivity contribution in [3.05, 3.63) is 29.8 Å². The predicted octanol–water partition coefficient (Wildman–Crippen LogP) is 1.91. The zero-order chi connectivity index (χ0) is 19.6. The number of carbonyl (C=O) groups is 1. The number of nitrogens with one attached hydrogen (secondary N) is 1. The third kappa shape index (κ3) is 8.22. The van der Waals surface area contributed by atoms with Crippen LogP contribution in [0.1, 0.15) is 24.8 Å². The van der Waals surface area contributed by atoms with Crippen LogP contribution in [0.15, 0.2) is 29.3 Å². The van der Waals surface area contributed by atoms with Crippen LogP contribution in [-0.2, 0) is 11.3 Å². The van der Waals surface area contributed by atoms with Crippen LogP contribution in [0.2, 0.25) is 0 Å². The third-order valence-corrected chi connectivity index (χ3v) is 4.73. The van der Waals surface area contributed by atoms with Gasteiger partial charge in [-0.15, -0.1) is 24.0 Å². The second-order valence-corrected chi connectivity index (χ2v) is 7.28. The number of nitrogens with zero attached hydrogens (tertiary/aromatic N) is 3. The number of primary amides is 1. The Morgan fingerprint density at radius 2 is 2.14 bits per heavy atom. The van der Waals surface area contributed by atoms with Gasteiger partial charge >= 0.3 is 0 Å². The number of para-hydroxylation sites is 1. The lowest BCUT2D eigenvalue weighted by Gasteiger charge is -2.34. The van der Waals surface area contributed by atoms with Crippen molar-refractivity contribution in [2.75, 3.05) is 47.4 Å². The number of aliphatic imine (C=N–C) groups is 1. The highest BCUT2D eigenvalue weighted by Gasteiger charge is 2.23. The minimum absolute atomic E-state index is 0. The number of carbonyl (C=O) groups excluding carboxylic acids is 1. The Morgan fingerprint density at radius 1 is 1.39 bits per heavy atom. The molecule has 0 radical (unpaired) electrons. The Balaban J connectivity index is 0.00000392. The van der Waals surface area contributed by atoms with E-state index in [1.165, 1.54) is 0 Å². The molecule has 0 aromatic heterocycles. The van der Waals surface area contributed by atoms with E-state index in [2.05, 4.69) is 26.2 Å². The van der Waals surface area contributed by atoms with Gasteiger partial charge in [0.05, 0.1) is 0 Å². The molecule has 0 spiro atoms. The number of guanidine groups is 1. The zero-order valence-corrected chi connectivity index (χ0v) is 19.5. The van der Waals surface area contributed by atoms with Crippen LogP contribution < -0.4 is 15.8 Å². The number of amides is 1. The summed E-state index contributed by atoms with van der Waals surface area (Å²) in [5.41, 5.74) is 6.47. The third-order valence-electron chi connectivity index (χ3n) is 4.73. The van der Waals surface area contributed by atoms with Crippen molar-refractivity contribution in [2.24, 2.45) is 16.6 Å². The van der Waals surface area contributed by atoms with E-state index >= 15 is 0 Å². The number of likely N-dealkylation sites (tertiary alicyclic amines) is 1. The highest BCUT2D eigenvalue weighted by atomic mass is 127. The minimum atomic E-state index is -0.228. The molecule has 0 saturated carbocycles. The zero-order valence-electron chi connectivity index (χ0n) is 17.2. The van der Waals surface area contributed by atoms with Crippen LogP contribution >= 0.6 is 24.0 Å². The van der Waals surface area contributed by atoms with Crippen LogP contribution in [0.25, 0.3) is 0 Å². The number of nitrogens with two attached hydrogens (primary N) is 1. The predicted molar refractivity (Wildman–Crippen MR) is 124 cm³/mol. The largest absolute Gasteiger partial charge is 0.492 e. The van der Waals surface area contributed by atoms with Gasteiger partial charge in [0.25, 0.3) is 0 Å². The van der Waals surface area contributed by atoms with Crippen molar-refractivity contribution < 1.29 is 9.53 Å². The van der Waals surface area contributed by atoms with Crippen LogP contribution in [0.5, 0.6) is 5.75 Å². The number of hydrogen-bond acceptors (Lipinski definition) is 4. The molecule has 1 aromatic rings. The maximum absolute atomic E-state index is 11.2. The molecular weight excluding hydrogens is 469 g/mol. The Labute approximate surface area is 185 Å². The van der Waals surface area contributed by atoms with Gasteiger partial charge in [0.15, 0.2) is 5.96 Å². The van der Waals surface area contributed by atoms with Crippen molar-refractivity contribution in [1.82, 2.24) is 15.1 Å². The van der Waals surface area contributed by atoms with E-state index in [4.69, 9.17) is 10.5 Å². The molecule has 1 atom stereocenters. The van der Waals surface area contributed by atoms with Gasteiger partial charge in [-0.25, -0.2) is 0 Å². The molecule has 2 rings (SSSR count). The lowest BCUT2D eigenvalue weighted by atomic mass is 9.95. The average Bonchev–Trinajstić information content (AvgIpc) is 2.63. The second kappa shape index (κ2) is 12.8. The number of halogens is 1. The molecule has 1 aliphatic heterocycles. The van der Waals surface area contributed by atoms with E-state index in [1.807, 2.05) is 32.3 Å². The monoisotopic (exact) mass is 503 g/mol. The molecule has 7 nitrogen and oxygen atoms in total. The first-order chi connectivity index (χ1) is 13.0. The summed E-state index contributed by atoms with van der Waals surface area (Å²) >= 11 is 0. The summed E-state index contributed by atoms with van der Waals surface area (Å²) in [7, 11) is 5.86. The summed E-state index contributed by atoms with van der Waals surface area (Å²) in [6.45, 7) is 3.92. The average molecular weight is 503 g/mol. The molecule has 1 aliphatic rings. The minimum Gasteiger partial charge on any atom is -0.492 e. The summed E-state index contributed by atoms with van der Waals surface area (Å²) in [6, 6.07) is 8.07. The van der Waals surface area contributed by atoms with Crippen LogP contribution in [0, 0.1) is 5.92 Å². The SMILES string of the molecule is CN=C(NCc1ccccc1OCCN(C)C)N1CCCC(CC(N)=O)C1.I. The molecular formula is C20H34IN5O2. The Kier molecular flexibility index (Phi) is 11.2. The first-order valence-corrected chi connectivity index (χ1v) is 9.59. The number of rotatable bonds is 8. The van der Waals surface area contributed by atoms with Gasteiger partial charge in [-0.2, -0.15) is 0 Å². The molecule has 1 amide bonds. The smallest absolute Gasteiger partial charge is 0.217 e. The molecule has 1 saturated heterocycles. The van der Waals surface area contributed by atoms with E-state index in [0.29, 0.717) is 25.5 Å². The lowest BCUT2D eigenvalue weighted by Crippen LogP contribution is -2.46. The van der Waals surface area contributed by atoms with Crippen molar-refractivity contribution >= 4 is 35.8 Å². The first-order valence-electron chi connectivity index (χ1n) is 9.59. The normalized spacial score (nSPS) is 17.2. The van der Waals surface area contributed by atoms with E-state index in [0.717, 1.165) is 49.7 Å². The number of piperidine rings is 1. The molecule has 1 unspecified atom stereocenters. The first kappa shape index (κ1) is 24.5. The second-order valence-electron chi connectivity index (χ2n) is 7.28. The maximum Gasteiger partial charge on any atom is 0.217 e. The number of ether oxygens (including phenoxy) is 1. The molecule has 8 heteroatoms. The van der Waals surface area contributed by atoms with Gasteiger partial charge in [-0.05, 0) is 38.9 Å². The van der Waals surface area contributed by atoms with E-state index in [1.54, 1.807) is 7.05 Å². The van der Waals surface area contributed by atoms with Gasteiger partial charge in [0.2, 0.25) is 5.91 Å². The number of benzene rings is 1. The topological polar surface area (TPSA) is 83.2 Å². The fourth-order valence-electron chi connectivity index (χ4n) is 3.34. The highest BCUT2D eigenvalue weighted by Crippen LogP contribution is 2.20. The summed E-state index contributed by atoms with van der Waals surface area (Å²) in [5.74, 6) is 1.82. The van der Waals surface area contributed by atoms with Crippen LogP contribution in [0.4, 0.5) is 0 Å². The molecule has 158 valence electrons. The van der Waals surface area contributed by atoms with E-state index < -0.39 is 0 Å². The molecule has 1 heterocycles. The van der Waals surface area contributed by atoms with Crippen molar-refractivity contribution in [2.45, 2.75) is 25.8 Å². The van der Waals surface area contributed by atoms with Gasteiger partial charge < -0.3 is 25.6 Å². The standard InChI is InChI=1S/C20H33N5O2.HI/c1-22-20(25-10-6-7-16(15-25)13-19(21)26)23-14-17-8-4-5-9-18(17)27-12-11-24(2)3;/h4-5,8-9,16H,6-7,10-15H2,1-3H3,(H2,21,26)(H,22,23);1H. The summed E-state index contributed by atoms with van der Waals surface area (Å²) in [6.07, 6.45) is 2.53. The van der Waals surface area contributed by atoms with Gasteiger partial charge in [0, 0.05) is 45.2 Å². The van der Waals surface area contributed by atoms with Crippen molar-refractivity contribution in [3.8, 4) is 5.75 Å². The molecule has 28 heavy (non-hydrogen) atoms. The maximum atomic E-state index is 11.2. The quantitative estimate of drug-likeness (QED) is 0.322. The van der Waals surface area contributed by atoms with Crippen molar-refractivity contribution in [1.29, 1.82) is 0 Å². The Hall–Kier alpha value is -1.55. The van der Waals surface area contributed by atoms with Crippen LogP contribution in [0.3, 0.4) is 0 Å². The summed E-state index contributed by atoms with van der Waals surface area (Å²) < 4.78 is 5.93. The summed E-state index contributed by atoms with van der Waals surface area (Å²) in [5, 5.41) is 3.44. The Bertz CT molecular complexity index is 639. The molecule has 0 bridgehead atoms. The number of likely N-dealkylation sites (N-methyl/N-ethyl adjacent to an activating group) is 1. The number of hydrogen-bond donors (Lipinski definition) is 2. The van der Waals surface area contributed by atoms with E-state index in [-0.39, 0.29) is 29.9 Å². The lowest BCUT2D eigenvalue weighted by molar-refractivity contribution is -0.119. The van der Waals surface area contributed by atoms with E-state index in [9.17, 15) is 4.79 Å². The van der Waals surface area contributed by atoms with Gasteiger partial charge in [0.1, 0.15) is 12.4 Å². The van der Waals surface area contributed by atoms with Crippen LogP contribution in [-0.4, -0.2) is 69.1 Å². The summed E-state index contributed by atoms with van der Waals surface area (Å²) in [4.78, 5) is 20.0. The molecule has 3 N–H and O–H groups in total. The fourth-order valence-corrected chi connectivity index (χ4v) is 3.34. The molecule has 1 aromatic carbocycles. The van der Waals surface area contributed by atoms with Gasteiger partial charge in [-0.1, -0.05) is 18.2 Å². The molecule has 1 fully saturated rings. The molecule has 0 aliphatic carbocycles.